The van der Waals surface area contributed by atoms with E-state index in [4.69, 9.17) is 15.3 Å². The van der Waals surface area contributed by atoms with E-state index in [1.807, 2.05) is 0 Å². The summed E-state index contributed by atoms with van der Waals surface area (Å²) in [7, 11) is 0. The first-order chi connectivity index (χ1) is 4.25. The lowest BCUT2D eigenvalue weighted by Crippen LogP contribution is -3.00. The van der Waals surface area contributed by atoms with Gasteiger partial charge in [-0.3, -0.25) is 0 Å². The maximum absolute atomic E-state index is 8.98. The topological polar surface area (TPSA) is 72.7 Å². The van der Waals surface area contributed by atoms with Gasteiger partial charge in [-0.05, 0) is 0 Å². The number of nitrogens with one attached hydrogen (secondary N) is 1. The number of hydrogen-bond acceptors (Lipinski definition) is 4. The molecule has 0 radical (unpaired) electrons. The molecule has 0 aromatic carbocycles. The monoisotopic (exact) mass is 168 g/mol. The second kappa shape index (κ2) is 4.10. The maximum Gasteiger partial charge on any atom is 0.0986 e. The molecule has 4 N–H and O–H groups in total. The molecule has 1 aliphatic rings. The lowest BCUT2D eigenvalue weighted by Gasteiger charge is -2.11. The van der Waals surface area contributed by atoms with Gasteiger partial charge in [0.2, 0.25) is 0 Å². The summed E-state index contributed by atoms with van der Waals surface area (Å²) in [5, 5.41) is 29.1. The fraction of sp³-hybridized carbons (Fsp3) is 1.00. The summed E-state index contributed by atoms with van der Waals surface area (Å²) in [6.45, 7) is 0.241. The van der Waals surface area contributed by atoms with Gasteiger partial charge in [0.25, 0.3) is 0 Å². The summed E-state index contributed by atoms with van der Waals surface area (Å²) in [6.07, 6.45) is -1.53. The van der Waals surface area contributed by atoms with E-state index in [0.29, 0.717) is 6.54 Å². The van der Waals surface area contributed by atoms with E-state index in [1.165, 1.54) is 0 Å². The molecular weight excluding hydrogens is 158 g/mol. The third-order valence-corrected chi connectivity index (χ3v) is 1.59. The Kier molecular flexibility index (Phi) is 4.15. The predicted octanol–water partition coefficient (Wildman–Crippen LogP) is -5.32. The molecule has 1 rings (SSSR count). The molecule has 0 aromatic rings. The number of rotatable bonds is 1. The Balaban J connectivity index is 0.000000810. The van der Waals surface area contributed by atoms with Gasteiger partial charge in [0, 0.05) is 6.54 Å². The van der Waals surface area contributed by atoms with Crippen LogP contribution in [0.1, 0.15) is 0 Å². The van der Waals surface area contributed by atoms with Gasteiger partial charge in [-0.1, -0.05) is 0 Å². The number of aliphatic hydroxyl groups is 3. The van der Waals surface area contributed by atoms with E-state index in [-0.39, 0.29) is 25.1 Å². The molecule has 5 heteroatoms. The van der Waals surface area contributed by atoms with Crippen LogP contribution >= 0.6 is 0 Å². The highest BCUT2D eigenvalue weighted by atomic mass is 35.5. The van der Waals surface area contributed by atoms with Gasteiger partial charge in [0.1, 0.15) is 0 Å². The van der Waals surface area contributed by atoms with Crippen LogP contribution in [0, 0.1) is 0 Å². The van der Waals surface area contributed by atoms with Gasteiger partial charge in [0.15, 0.2) is 0 Å². The number of halogens is 1. The molecule has 1 heterocycles. The van der Waals surface area contributed by atoms with Crippen LogP contribution in [-0.4, -0.2) is 46.7 Å². The molecule has 0 aromatic heterocycles. The van der Waals surface area contributed by atoms with Gasteiger partial charge in [0.05, 0.1) is 24.9 Å². The zero-order chi connectivity index (χ0) is 6.85. The van der Waals surface area contributed by atoms with Crippen molar-refractivity contribution in [1.82, 2.24) is 5.32 Å². The SMILES string of the molecule is OC[C@H]1NC[C@@H](O)[C@@H]1O.[Cl-]. The summed E-state index contributed by atoms with van der Waals surface area (Å²) < 4.78 is 0. The average molecular weight is 169 g/mol. The first-order valence-electron chi connectivity index (χ1n) is 2.96. The van der Waals surface area contributed by atoms with Crippen molar-refractivity contribution in [2.45, 2.75) is 18.2 Å². The molecule has 0 unspecified atom stereocenters. The molecule has 10 heavy (non-hydrogen) atoms. The Bertz CT molecular complexity index is 103. The van der Waals surface area contributed by atoms with Crippen molar-refractivity contribution in [3.8, 4) is 0 Å². The van der Waals surface area contributed by atoms with E-state index in [9.17, 15) is 0 Å². The Labute approximate surface area is 65.3 Å². The zero-order valence-corrected chi connectivity index (χ0v) is 6.12. The minimum Gasteiger partial charge on any atom is -1.00 e. The Morgan fingerprint density at radius 3 is 2.20 bits per heavy atom. The van der Waals surface area contributed by atoms with Crippen molar-refractivity contribution in [2.24, 2.45) is 0 Å². The van der Waals surface area contributed by atoms with Crippen LogP contribution in [-0.2, 0) is 0 Å². The van der Waals surface area contributed by atoms with Crippen LogP contribution in [0.15, 0.2) is 0 Å². The Hall–Kier alpha value is 0.130. The number of hydrogen-bond donors (Lipinski definition) is 4. The third kappa shape index (κ3) is 1.81. The molecule has 0 saturated carbocycles. The molecule has 0 bridgehead atoms. The highest BCUT2D eigenvalue weighted by Crippen LogP contribution is 2.05. The summed E-state index contributed by atoms with van der Waals surface area (Å²) in [5.41, 5.74) is 0. The fourth-order valence-electron chi connectivity index (χ4n) is 0.954. The minimum atomic E-state index is -0.810. The van der Waals surface area contributed by atoms with Crippen molar-refractivity contribution in [3.05, 3.63) is 0 Å². The predicted molar refractivity (Wildman–Crippen MR) is 30.9 cm³/mol. The van der Waals surface area contributed by atoms with E-state index in [1.54, 1.807) is 0 Å². The zero-order valence-electron chi connectivity index (χ0n) is 5.37. The van der Waals surface area contributed by atoms with Gasteiger partial charge in [-0.2, -0.15) is 0 Å². The van der Waals surface area contributed by atoms with Crippen LogP contribution in [0.5, 0.6) is 0 Å². The lowest BCUT2D eigenvalue weighted by molar-refractivity contribution is -0.00000543. The largest absolute Gasteiger partial charge is 1.00 e. The van der Waals surface area contributed by atoms with E-state index >= 15 is 0 Å². The van der Waals surface area contributed by atoms with E-state index in [0.717, 1.165) is 0 Å². The molecule has 0 aliphatic carbocycles. The second-order valence-corrected chi connectivity index (χ2v) is 2.26. The van der Waals surface area contributed by atoms with Crippen LogP contribution < -0.4 is 17.7 Å². The molecule has 62 valence electrons. The summed E-state index contributed by atoms with van der Waals surface area (Å²) in [6, 6.07) is -0.347. The summed E-state index contributed by atoms with van der Waals surface area (Å²) in [4.78, 5) is 0. The number of aliphatic hydroxyl groups excluding tert-OH is 3. The van der Waals surface area contributed by atoms with Gasteiger partial charge in [-0.15, -0.1) is 0 Å². The van der Waals surface area contributed by atoms with E-state index < -0.39 is 12.2 Å². The molecule has 4 nitrogen and oxygen atoms in total. The lowest BCUT2D eigenvalue weighted by atomic mass is 10.1. The van der Waals surface area contributed by atoms with E-state index in [2.05, 4.69) is 5.32 Å². The van der Waals surface area contributed by atoms with Crippen molar-refractivity contribution in [3.63, 3.8) is 0 Å². The smallest absolute Gasteiger partial charge is 0.0986 e. The van der Waals surface area contributed by atoms with Gasteiger partial charge >= 0.3 is 0 Å². The third-order valence-electron chi connectivity index (χ3n) is 1.59. The van der Waals surface area contributed by atoms with Crippen LogP contribution in [0.25, 0.3) is 0 Å². The van der Waals surface area contributed by atoms with Crippen LogP contribution in [0.4, 0.5) is 0 Å². The Morgan fingerprint density at radius 1 is 1.40 bits per heavy atom. The molecule has 1 saturated heterocycles. The average Bonchev–Trinajstić information content (AvgIpc) is 2.15. The minimum absolute atomic E-state index is 0. The Morgan fingerprint density at radius 2 is 2.00 bits per heavy atom. The molecular formula is C5H11ClNO3-. The first-order valence-corrected chi connectivity index (χ1v) is 2.96. The summed E-state index contributed by atoms with van der Waals surface area (Å²) in [5.74, 6) is 0. The molecule has 1 fully saturated rings. The quantitative estimate of drug-likeness (QED) is 0.316. The highest BCUT2D eigenvalue weighted by Gasteiger charge is 2.31. The van der Waals surface area contributed by atoms with Gasteiger partial charge in [-0.25, -0.2) is 0 Å². The molecule has 1 aliphatic heterocycles. The maximum atomic E-state index is 8.98. The molecule has 0 spiro atoms. The number of β-amino-alcohol motifs (C(OH)–C–C–N with tert-alkyl or cyclic N) is 1. The van der Waals surface area contributed by atoms with Crippen molar-refractivity contribution in [1.29, 1.82) is 0 Å². The van der Waals surface area contributed by atoms with Crippen LogP contribution in [0.3, 0.4) is 0 Å². The van der Waals surface area contributed by atoms with Crippen molar-refractivity contribution >= 4 is 0 Å². The van der Waals surface area contributed by atoms with Crippen molar-refractivity contribution < 1.29 is 27.7 Å². The van der Waals surface area contributed by atoms with Crippen LogP contribution in [0.2, 0.25) is 0 Å². The fourth-order valence-corrected chi connectivity index (χ4v) is 0.954. The highest BCUT2D eigenvalue weighted by molar-refractivity contribution is 4.89. The standard InChI is InChI=1S/C5H11NO3.ClH/c7-2-3-5(9)4(8)1-6-3;/h3-9H,1-2H2;1H/p-1/t3-,4-,5-;/m1./s1. The first kappa shape index (κ1) is 10.1. The summed E-state index contributed by atoms with van der Waals surface area (Å²) >= 11 is 0. The van der Waals surface area contributed by atoms with Gasteiger partial charge < -0.3 is 33.0 Å². The molecule has 3 atom stereocenters. The normalized spacial score (nSPS) is 39.3. The molecule has 0 amide bonds. The second-order valence-electron chi connectivity index (χ2n) is 2.26. The van der Waals surface area contributed by atoms with Crippen molar-refractivity contribution in [2.75, 3.05) is 13.2 Å².